The van der Waals surface area contributed by atoms with Crippen molar-refractivity contribution in [3.8, 4) is 11.5 Å². The molecule has 1 unspecified atom stereocenters. The van der Waals surface area contributed by atoms with Gasteiger partial charge < -0.3 is 19.9 Å². The Kier molecular flexibility index (Phi) is 7.76. The second-order valence-electron chi connectivity index (χ2n) is 6.16. The molecule has 4 nitrogen and oxygen atoms in total. The van der Waals surface area contributed by atoms with Crippen LogP contribution in [0.15, 0.2) is 42.5 Å². The fourth-order valence-corrected chi connectivity index (χ4v) is 2.50. The number of rotatable bonds is 10. The summed E-state index contributed by atoms with van der Waals surface area (Å²) in [6.45, 7) is 8.04. The molecule has 1 atom stereocenters. The van der Waals surface area contributed by atoms with Crippen LogP contribution in [0.4, 0.5) is 0 Å². The van der Waals surface area contributed by atoms with Crippen molar-refractivity contribution in [1.29, 1.82) is 0 Å². The van der Waals surface area contributed by atoms with Gasteiger partial charge in [-0.15, -0.1) is 0 Å². The van der Waals surface area contributed by atoms with Gasteiger partial charge in [0.2, 0.25) is 0 Å². The van der Waals surface area contributed by atoms with E-state index in [2.05, 4.69) is 43.4 Å². The van der Waals surface area contributed by atoms with Gasteiger partial charge in [-0.1, -0.05) is 42.8 Å². The quantitative estimate of drug-likeness (QED) is 0.688. The van der Waals surface area contributed by atoms with Crippen molar-refractivity contribution >= 4 is 0 Å². The summed E-state index contributed by atoms with van der Waals surface area (Å²) in [6.07, 6.45) is 0.895. The predicted octanol–water partition coefficient (Wildman–Crippen LogP) is 3.83. The summed E-state index contributed by atoms with van der Waals surface area (Å²) in [5.74, 6) is 1.51. The first kappa shape index (κ1) is 19.3. The molecule has 0 spiro atoms. The summed E-state index contributed by atoms with van der Waals surface area (Å²) in [5, 5.41) is 12.6. The van der Waals surface area contributed by atoms with E-state index >= 15 is 0 Å². The third kappa shape index (κ3) is 6.07. The Morgan fingerprint density at radius 3 is 2.32 bits per heavy atom. The van der Waals surface area contributed by atoms with Crippen LogP contribution in [0.25, 0.3) is 0 Å². The normalized spacial score (nSPS) is 12.0. The van der Waals surface area contributed by atoms with E-state index < -0.39 is 0 Å². The van der Waals surface area contributed by atoms with Crippen molar-refractivity contribution in [2.24, 2.45) is 0 Å². The molecule has 2 rings (SSSR count). The number of ether oxygens (including phenoxy) is 2. The SMILES string of the molecule is CCOc1cc(CNC(CC)CO)ccc1OCc1ccc(C)cc1. The Balaban J connectivity index is 2.03. The zero-order valence-electron chi connectivity index (χ0n) is 15.4. The van der Waals surface area contributed by atoms with Crippen LogP contribution < -0.4 is 14.8 Å². The van der Waals surface area contributed by atoms with E-state index in [0.717, 1.165) is 29.0 Å². The molecule has 0 aliphatic carbocycles. The minimum absolute atomic E-state index is 0.119. The molecule has 0 aromatic heterocycles. The number of benzene rings is 2. The van der Waals surface area contributed by atoms with E-state index in [1.807, 2.05) is 25.1 Å². The fraction of sp³-hybridized carbons (Fsp3) is 0.429. The van der Waals surface area contributed by atoms with Crippen LogP contribution in [0.3, 0.4) is 0 Å². The first-order chi connectivity index (χ1) is 12.2. The van der Waals surface area contributed by atoms with Crippen molar-refractivity contribution in [3.05, 3.63) is 59.2 Å². The molecule has 0 saturated carbocycles. The minimum atomic E-state index is 0.119. The first-order valence-electron chi connectivity index (χ1n) is 8.94. The third-order valence-corrected chi connectivity index (χ3v) is 4.13. The Morgan fingerprint density at radius 1 is 0.960 bits per heavy atom. The molecule has 136 valence electrons. The van der Waals surface area contributed by atoms with Crippen LogP contribution >= 0.6 is 0 Å². The number of aryl methyl sites for hydroxylation is 1. The van der Waals surface area contributed by atoms with E-state index in [9.17, 15) is 5.11 Å². The van der Waals surface area contributed by atoms with Crippen molar-refractivity contribution in [3.63, 3.8) is 0 Å². The van der Waals surface area contributed by atoms with Crippen molar-refractivity contribution in [1.82, 2.24) is 5.32 Å². The Hall–Kier alpha value is -2.04. The lowest BCUT2D eigenvalue weighted by atomic mass is 10.1. The van der Waals surface area contributed by atoms with Crippen LogP contribution in [-0.2, 0) is 13.2 Å². The third-order valence-electron chi connectivity index (χ3n) is 4.13. The van der Waals surface area contributed by atoms with Crippen LogP contribution in [0.1, 0.15) is 37.0 Å². The number of nitrogens with one attached hydrogen (secondary N) is 1. The van der Waals surface area contributed by atoms with Gasteiger partial charge in [0, 0.05) is 12.6 Å². The van der Waals surface area contributed by atoms with Gasteiger partial charge in [-0.3, -0.25) is 0 Å². The van der Waals surface area contributed by atoms with Crippen LogP contribution in [0, 0.1) is 6.92 Å². The van der Waals surface area contributed by atoms with Gasteiger partial charge in [-0.2, -0.15) is 0 Å². The van der Waals surface area contributed by atoms with Gasteiger partial charge in [0.1, 0.15) is 6.61 Å². The highest BCUT2D eigenvalue weighted by Crippen LogP contribution is 2.29. The van der Waals surface area contributed by atoms with E-state index in [0.29, 0.717) is 19.8 Å². The molecule has 0 bridgehead atoms. The minimum Gasteiger partial charge on any atom is -0.490 e. The van der Waals surface area contributed by atoms with Gasteiger partial charge >= 0.3 is 0 Å². The summed E-state index contributed by atoms with van der Waals surface area (Å²) in [4.78, 5) is 0. The van der Waals surface area contributed by atoms with E-state index in [4.69, 9.17) is 9.47 Å². The van der Waals surface area contributed by atoms with Crippen molar-refractivity contribution in [2.45, 2.75) is 46.4 Å². The molecular formula is C21H29NO3. The van der Waals surface area contributed by atoms with Crippen LogP contribution in [-0.4, -0.2) is 24.4 Å². The van der Waals surface area contributed by atoms with Gasteiger partial charge in [0.25, 0.3) is 0 Å². The monoisotopic (exact) mass is 343 g/mol. The molecule has 2 aromatic carbocycles. The van der Waals surface area contributed by atoms with Crippen LogP contribution in [0.2, 0.25) is 0 Å². The Labute approximate surface area is 150 Å². The highest BCUT2D eigenvalue weighted by Gasteiger charge is 2.09. The molecule has 0 heterocycles. The molecule has 4 heteroatoms. The Morgan fingerprint density at radius 2 is 1.68 bits per heavy atom. The zero-order chi connectivity index (χ0) is 18.1. The first-order valence-corrected chi connectivity index (χ1v) is 8.94. The van der Waals surface area contributed by atoms with E-state index in [1.54, 1.807) is 0 Å². The summed E-state index contributed by atoms with van der Waals surface area (Å²) in [7, 11) is 0. The van der Waals surface area contributed by atoms with Crippen molar-refractivity contribution in [2.75, 3.05) is 13.2 Å². The summed E-state index contributed by atoms with van der Waals surface area (Å²) in [6, 6.07) is 14.4. The van der Waals surface area contributed by atoms with Crippen LogP contribution in [0.5, 0.6) is 11.5 Å². The maximum absolute atomic E-state index is 9.28. The van der Waals surface area contributed by atoms with E-state index in [1.165, 1.54) is 5.56 Å². The van der Waals surface area contributed by atoms with Gasteiger partial charge in [0.15, 0.2) is 11.5 Å². The smallest absolute Gasteiger partial charge is 0.161 e. The molecule has 2 N–H and O–H groups in total. The lowest BCUT2D eigenvalue weighted by Gasteiger charge is -2.16. The topological polar surface area (TPSA) is 50.7 Å². The summed E-state index contributed by atoms with van der Waals surface area (Å²) < 4.78 is 11.7. The molecule has 0 aliphatic heterocycles. The van der Waals surface area contributed by atoms with Crippen molar-refractivity contribution < 1.29 is 14.6 Å². The molecule has 0 saturated heterocycles. The Bertz CT molecular complexity index is 636. The second kappa shape index (κ2) is 10.1. The van der Waals surface area contributed by atoms with Gasteiger partial charge in [-0.05, 0) is 43.5 Å². The van der Waals surface area contributed by atoms with E-state index in [-0.39, 0.29) is 12.6 Å². The molecular weight excluding hydrogens is 314 g/mol. The summed E-state index contributed by atoms with van der Waals surface area (Å²) >= 11 is 0. The molecule has 0 radical (unpaired) electrons. The second-order valence-corrected chi connectivity index (χ2v) is 6.16. The fourth-order valence-electron chi connectivity index (χ4n) is 2.50. The zero-order valence-corrected chi connectivity index (χ0v) is 15.4. The lowest BCUT2D eigenvalue weighted by molar-refractivity contribution is 0.238. The lowest BCUT2D eigenvalue weighted by Crippen LogP contribution is -2.31. The molecule has 25 heavy (non-hydrogen) atoms. The maximum atomic E-state index is 9.28. The standard InChI is InChI=1S/C21H29NO3/c1-4-19(14-23)22-13-18-10-11-20(21(12-18)24-5-2)25-15-17-8-6-16(3)7-9-17/h6-12,19,22-23H,4-5,13-15H2,1-3H3. The molecule has 0 aliphatic rings. The number of aliphatic hydroxyl groups excluding tert-OH is 1. The van der Waals surface area contributed by atoms with Gasteiger partial charge in [0.05, 0.1) is 13.2 Å². The van der Waals surface area contributed by atoms with Gasteiger partial charge in [-0.25, -0.2) is 0 Å². The molecule has 2 aromatic rings. The number of hydrogen-bond acceptors (Lipinski definition) is 4. The number of hydrogen-bond donors (Lipinski definition) is 2. The number of aliphatic hydroxyl groups is 1. The molecule has 0 fully saturated rings. The predicted molar refractivity (Wildman–Crippen MR) is 101 cm³/mol. The highest BCUT2D eigenvalue weighted by atomic mass is 16.5. The average molecular weight is 343 g/mol. The highest BCUT2D eigenvalue weighted by molar-refractivity contribution is 5.43. The summed E-state index contributed by atoms with van der Waals surface area (Å²) in [5.41, 5.74) is 3.48. The largest absolute Gasteiger partial charge is 0.490 e. The average Bonchev–Trinajstić information content (AvgIpc) is 2.63. The molecule has 0 amide bonds. The maximum Gasteiger partial charge on any atom is 0.161 e.